The van der Waals surface area contributed by atoms with Gasteiger partial charge in [0, 0.05) is 6.42 Å². The molecular formula is C12H25N2O4S+. The molecular weight excluding hydrogens is 268 g/mol. The van der Waals surface area contributed by atoms with Crippen LogP contribution in [0.4, 0.5) is 0 Å². The van der Waals surface area contributed by atoms with Crippen LogP contribution in [0.2, 0.25) is 0 Å². The smallest absolute Gasteiger partial charge is 0.265 e. The number of nitrogens with one attached hydrogen (secondary N) is 1. The topological polar surface area (TPSA) is 83.5 Å². The number of carbonyl (C=O) groups is 1. The van der Waals surface area contributed by atoms with Gasteiger partial charge >= 0.3 is 0 Å². The molecule has 0 spiro atoms. The van der Waals surface area contributed by atoms with Crippen molar-refractivity contribution in [1.82, 2.24) is 5.32 Å². The fourth-order valence-corrected chi connectivity index (χ4v) is 2.77. The Morgan fingerprint density at radius 2 is 1.95 bits per heavy atom. The number of carbonyl (C=O) groups excluding carboxylic acids is 1. The van der Waals surface area contributed by atoms with Crippen LogP contribution in [-0.2, 0) is 14.9 Å². The van der Waals surface area contributed by atoms with Crippen LogP contribution in [0.5, 0.6) is 0 Å². The van der Waals surface area contributed by atoms with Gasteiger partial charge in [0.1, 0.15) is 0 Å². The van der Waals surface area contributed by atoms with Gasteiger partial charge in [0.25, 0.3) is 10.1 Å². The maximum absolute atomic E-state index is 11.3. The maximum atomic E-state index is 11.3. The van der Waals surface area contributed by atoms with Crippen molar-refractivity contribution in [3.05, 3.63) is 12.7 Å². The lowest BCUT2D eigenvalue weighted by atomic mass is 10.1. The molecule has 0 heterocycles. The third-order valence-electron chi connectivity index (χ3n) is 3.74. The molecule has 19 heavy (non-hydrogen) atoms. The van der Waals surface area contributed by atoms with Crippen LogP contribution in [0.25, 0.3) is 0 Å². The Balaban J connectivity index is 4.75. The number of nitrogens with zero attached hydrogens (tertiary/aromatic N) is 1. The van der Waals surface area contributed by atoms with E-state index in [0.717, 1.165) is 13.1 Å². The highest BCUT2D eigenvalue weighted by atomic mass is 32.2. The molecule has 0 aliphatic heterocycles. The molecule has 0 aromatic carbocycles. The van der Waals surface area contributed by atoms with Crippen molar-refractivity contribution >= 4 is 16.0 Å². The summed E-state index contributed by atoms with van der Waals surface area (Å²) in [6, 6.07) is 0.0158. The van der Waals surface area contributed by atoms with Gasteiger partial charge in [0.2, 0.25) is 5.91 Å². The van der Waals surface area contributed by atoms with Crippen molar-refractivity contribution in [1.29, 1.82) is 0 Å². The second-order valence-corrected chi connectivity index (χ2v) is 6.25. The summed E-state index contributed by atoms with van der Waals surface area (Å²) in [5.41, 5.74) is 0. The zero-order chi connectivity index (χ0) is 15.1. The predicted octanol–water partition coefficient (Wildman–Crippen LogP) is 0.769. The number of hydrogen-bond donors (Lipinski definition) is 2. The molecule has 0 saturated heterocycles. The Morgan fingerprint density at radius 1 is 1.42 bits per heavy atom. The molecule has 1 amide bonds. The number of rotatable bonds is 9. The van der Waals surface area contributed by atoms with Gasteiger partial charge in [-0.2, -0.15) is 8.42 Å². The first kappa shape index (κ1) is 18.1. The third kappa shape index (κ3) is 6.17. The summed E-state index contributed by atoms with van der Waals surface area (Å²) in [7, 11) is -3.95. The van der Waals surface area contributed by atoms with Gasteiger partial charge in [-0.05, 0) is 26.8 Å². The quantitative estimate of drug-likeness (QED) is 0.285. The predicted molar refractivity (Wildman–Crippen MR) is 75.0 cm³/mol. The van der Waals surface area contributed by atoms with E-state index in [1.165, 1.54) is 6.08 Å². The molecule has 0 bridgehead atoms. The fraction of sp³-hybridized carbons (Fsp3) is 0.750. The SMILES string of the molecule is C=CC(=O)NC[N+](CC)(CC)C(C)CCS(=O)(=O)O. The van der Waals surface area contributed by atoms with E-state index in [0.29, 0.717) is 17.6 Å². The van der Waals surface area contributed by atoms with E-state index in [9.17, 15) is 13.2 Å². The van der Waals surface area contributed by atoms with Crippen molar-refractivity contribution < 1.29 is 22.2 Å². The molecule has 0 aliphatic carbocycles. The standard InChI is InChI=1S/C12H24N2O4S/c1-5-12(15)13-10-14(6-2,7-3)11(4)8-9-19(16,17)18/h5,11H,1,6-10H2,2-4H3,(H-,13,15,16,17,18)/p+1. The Kier molecular flexibility index (Phi) is 7.25. The lowest BCUT2D eigenvalue weighted by Gasteiger charge is -2.42. The molecule has 0 aliphatic rings. The van der Waals surface area contributed by atoms with Crippen molar-refractivity contribution in [3.8, 4) is 0 Å². The van der Waals surface area contributed by atoms with Gasteiger partial charge in [-0.1, -0.05) is 6.58 Å². The number of amides is 1. The molecule has 0 aromatic rings. The minimum atomic E-state index is -3.95. The molecule has 1 atom stereocenters. The molecule has 1 unspecified atom stereocenters. The summed E-state index contributed by atoms with van der Waals surface area (Å²) in [6.07, 6.45) is 1.56. The van der Waals surface area contributed by atoms with Crippen LogP contribution in [0.1, 0.15) is 27.2 Å². The van der Waals surface area contributed by atoms with Crippen molar-refractivity contribution in [2.45, 2.75) is 33.2 Å². The largest absolute Gasteiger partial charge is 0.306 e. The van der Waals surface area contributed by atoms with Gasteiger partial charge in [0.15, 0.2) is 6.67 Å². The molecule has 112 valence electrons. The van der Waals surface area contributed by atoms with Gasteiger partial charge in [-0.15, -0.1) is 0 Å². The Morgan fingerprint density at radius 3 is 2.32 bits per heavy atom. The Hall–Kier alpha value is -0.920. The normalized spacial score (nSPS) is 13.9. The zero-order valence-corrected chi connectivity index (χ0v) is 12.7. The third-order valence-corrected chi connectivity index (χ3v) is 4.49. The van der Waals surface area contributed by atoms with Crippen LogP contribution in [-0.4, -0.2) is 54.9 Å². The average Bonchev–Trinajstić information content (AvgIpc) is 2.36. The molecule has 0 rings (SSSR count). The summed E-state index contributed by atoms with van der Waals surface area (Å²) >= 11 is 0. The second kappa shape index (κ2) is 7.62. The van der Waals surface area contributed by atoms with Crippen molar-refractivity contribution in [3.63, 3.8) is 0 Å². The van der Waals surface area contributed by atoms with Crippen LogP contribution in [0.3, 0.4) is 0 Å². The summed E-state index contributed by atoms with van der Waals surface area (Å²) in [5, 5.41) is 2.76. The summed E-state index contributed by atoms with van der Waals surface area (Å²) in [6.45, 7) is 11.3. The van der Waals surface area contributed by atoms with E-state index < -0.39 is 10.1 Å². The molecule has 0 radical (unpaired) electrons. The van der Waals surface area contributed by atoms with E-state index in [2.05, 4.69) is 11.9 Å². The number of hydrogen-bond acceptors (Lipinski definition) is 3. The Labute approximate surface area is 115 Å². The summed E-state index contributed by atoms with van der Waals surface area (Å²) in [4.78, 5) is 11.3. The maximum Gasteiger partial charge on any atom is 0.265 e. The first-order valence-electron chi connectivity index (χ1n) is 6.42. The number of quaternary nitrogens is 1. The molecule has 0 saturated carbocycles. The molecule has 6 nitrogen and oxygen atoms in total. The highest BCUT2D eigenvalue weighted by molar-refractivity contribution is 7.85. The molecule has 0 aromatic heterocycles. The van der Waals surface area contributed by atoms with Crippen molar-refractivity contribution in [2.75, 3.05) is 25.5 Å². The van der Waals surface area contributed by atoms with Gasteiger partial charge in [-0.25, -0.2) is 0 Å². The van der Waals surface area contributed by atoms with Crippen LogP contribution >= 0.6 is 0 Å². The summed E-state index contributed by atoms with van der Waals surface area (Å²) < 4.78 is 31.0. The fourth-order valence-electron chi connectivity index (χ4n) is 2.13. The van der Waals surface area contributed by atoms with Gasteiger partial charge in [0.05, 0.1) is 24.9 Å². The Bertz CT molecular complexity index is 402. The molecule has 0 fully saturated rings. The molecule has 7 heteroatoms. The zero-order valence-electron chi connectivity index (χ0n) is 11.9. The van der Waals surface area contributed by atoms with E-state index in [-0.39, 0.29) is 17.7 Å². The van der Waals surface area contributed by atoms with E-state index in [1.807, 2.05) is 20.8 Å². The highest BCUT2D eigenvalue weighted by Crippen LogP contribution is 2.16. The first-order chi connectivity index (χ1) is 8.70. The minimum Gasteiger partial charge on any atom is -0.306 e. The van der Waals surface area contributed by atoms with Gasteiger partial charge < -0.3 is 9.80 Å². The monoisotopic (exact) mass is 293 g/mol. The highest BCUT2D eigenvalue weighted by Gasteiger charge is 2.31. The van der Waals surface area contributed by atoms with E-state index in [1.54, 1.807) is 0 Å². The van der Waals surface area contributed by atoms with E-state index >= 15 is 0 Å². The second-order valence-electron chi connectivity index (χ2n) is 4.68. The van der Waals surface area contributed by atoms with E-state index in [4.69, 9.17) is 4.55 Å². The first-order valence-corrected chi connectivity index (χ1v) is 8.03. The van der Waals surface area contributed by atoms with Crippen molar-refractivity contribution in [2.24, 2.45) is 0 Å². The minimum absolute atomic E-state index is 0.0158. The lowest BCUT2D eigenvalue weighted by Crippen LogP contribution is -2.59. The average molecular weight is 293 g/mol. The lowest BCUT2D eigenvalue weighted by molar-refractivity contribution is -0.948. The molecule has 2 N–H and O–H groups in total. The van der Waals surface area contributed by atoms with Gasteiger partial charge in [-0.3, -0.25) is 9.35 Å². The van der Waals surface area contributed by atoms with Crippen LogP contribution < -0.4 is 5.32 Å². The van der Waals surface area contributed by atoms with Crippen LogP contribution in [0, 0.1) is 0 Å². The summed E-state index contributed by atoms with van der Waals surface area (Å²) in [5.74, 6) is -0.504. The van der Waals surface area contributed by atoms with Crippen LogP contribution in [0.15, 0.2) is 12.7 Å².